The minimum atomic E-state index is 0.447. The Bertz CT molecular complexity index is 223. The number of alkyl halides is 3. The predicted molar refractivity (Wildman–Crippen MR) is 134 cm³/mol. The zero-order chi connectivity index (χ0) is 17.2. The Morgan fingerprint density at radius 3 is 0.957 bits per heavy atom. The van der Waals surface area contributed by atoms with Crippen LogP contribution in [0, 0.1) is 0 Å². The molecule has 140 valence electrons. The van der Waals surface area contributed by atoms with E-state index in [1.165, 1.54) is 116 Å². The van der Waals surface area contributed by atoms with Crippen LogP contribution in [0.25, 0.3) is 0 Å². The highest BCUT2D eigenvalue weighted by molar-refractivity contribution is 14.3. The van der Waals surface area contributed by atoms with Crippen molar-refractivity contribution in [1.82, 2.24) is 0 Å². The van der Waals surface area contributed by atoms with Gasteiger partial charge < -0.3 is 0 Å². The predicted octanol–water partition coefficient (Wildman–Crippen LogP) is 9.99. The molecule has 0 spiro atoms. The summed E-state index contributed by atoms with van der Waals surface area (Å²) in [5.41, 5.74) is 0. The maximum Gasteiger partial charge on any atom is 0.124 e. The van der Waals surface area contributed by atoms with Gasteiger partial charge in [0, 0.05) is 0 Å². The lowest BCUT2D eigenvalue weighted by Crippen LogP contribution is -1.97. The lowest BCUT2D eigenvalue weighted by atomic mass is 10.0. The number of hydrogen-bond acceptors (Lipinski definition) is 0. The van der Waals surface area contributed by atoms with E-state index >= 15 is 0 Å². The van der Waals surface area contributed by atoms with Gasteiger partial charge in [0.15, 0.2) is 0 Å². The molecule has 0 fully saturated rings. The molecule has 0 unspecified atom stereocenters. The van der Waals surface area contributed by atoms with E-state index in [9.17, 15) is 0 Å². The van der Waals surface area contributed by atoms with E-state index < -0.39 is 0 Å². The average molecular weight is 660 g/mol. The standard InChI is InChI=1S/C20H39I3/c1-2-3-4-5-6-7-8-9-10-11-12-13-14-15-16-17-18-19-20(21,22)23/h2-19H2,1H3. The largest absolute Gasteiger partial charge is 0.124 e. The summed E-state index contributed by atoms with van der Waals surface area (Å²) in [6.45, 7) is 2.30. The van der Waals surface area contributed by atoms with Gasteiger partial charge >= 0.3 is 0 Å². The Morgan fingerprint density at radius 2 is 0.696 bits per heavy atom. The molecule has 0 heterocycles. The smallest absolute Gasteiger partial charge is 0.0654 e. The van der Waals surface area contributed by atoms with Gasteiger partial charge in [-0.2, -0.15) is 0 Å². The second-order valence-corrected chi connectivity index (χ2v) is 18.7. The number of hydrogen-bond donors (Lipinski definition) is 0. The third kappa shape index (κ3) is 24.2. The van der Waals surface area contributed by atoms with Gasteiger partial charge in [-0.05, 0) is 6.42 Å². The summed E-state index contributed by atoms with van der Waals surface area (Å²) >= 11 is 7.66. The zero-order valence-electron chi connectivity index (χ0n) is 15.4. The molecule has 0 aromatic rings. The van der Waals surface area contributed by atoms with Crippen LogP contribution in [0.1, 0.15) is 122 Å². The molecule has 0 aromatic heterocycles. The van der Waals surface area contributed by atoms with Crippen LogP contribution in [0.5, 0.6) is 0 Å². The monoisotopic (exact) mass is 660 g/mol. The molecule has 0 saturated carbocycles. The average Bonchev–Trinajstić information content (AvgIpc) is 2.49. The summed E-state index contributed by atoms with van der Waals surface area (Å²) < 4.78 is 0.447. The van der Waals surface area contributed by atoms with Crippen molar-refractivity contribution in [3.63, 3.8) is 0 Å². The fourth-order valence-corrected chi connectivity index (χ4v) is 4.19. The Balaban J connectivity index is 3.00. The van der Waals surface area contributed by atoms with E-state index in [0.717, 1.165) is 0 Å². The molecule has 0 aliphatic heterocycles. The van der Waals surface area contributed by atoms with E-state index in [1.807, 2.05) is 0 Å². The van der Waals surface area contributed by atoms with E-state index in [-0.39, 0.29) is 0 Å². The topological polar surface area (TPSA) is 0 Å². The van der Waals surface area contributed by atoms with Crippen LogP contribution in [0.3, 0.4) is 0 Å². The molecule has 0 aromatic carbocycles. The normalized spacial score (nSPS) is 12.0. The van der Waals surface area contributed by atoms with Crippen molar-refractivity contribution >= 4 is 67.8 Å². The van der Waals surface area contributed by atoms with Crippen molar-refractivity contribution in [1.29, 1.82) is 0 Å². The molecule has 0 N–H and O–H groups in total. The number of halogens is 3. The molecular weight excluding hydrogens is 621 g/mol. The molecule has 0 aliphatic rings. The van der Waals surface area contributed by atoms with Crippen LogP contribution in [0.2, 0.25) is 0 Å². The van der Waals surface area contributed by atoms with Crippen LogP contribution in [-0.2, 0) is 0 Å². The number of rotatable bonds is 18. The maximum absolute atomic E-state index is 2.55. The van der Waals surface area contributed by atoms with Gasteiger partial charge in [0.25, 0.3) is 0 Å². The van der Waals surface area contributed by atoms with Crippen LogP contribution in [0.4, 0.5) is 0 Å². The zero-order valence-corrected chi connectivity index (χ0v) is 21.8. The van der Waals surface area contributed by atoms with E-state index in [4.69, 9.17) is 0 Å². The van der Waals surface area contributed by atoms with E-state index in [2.05, 4.69) is 74.7 Å². The minimum absolute atomic E-state index is 0.447. The lowest BCUT2D eigenvalue weighted by molar-refractivity contribution is 0.526. The second kappa shape index (κ2) is 19.0. The highest BCUT2D eigenvalue weighted by atomic mass is 127. The van der Waals surface area contributed by atoms with Crippen molar-refractivity contribution in [3.8, 4) is 0 Å². The van der Waals surface area contributed by atoms with Crippen LogP contribution < -0.4 is 0 Å². The summed E-state index contributed by atoms with van der Waals surface area (Å²) in [5.74, 6) is 0. The molecular formula is C20H39I3. The van der Waals surface area contributed by atoms with Gasteiger partial charge in [0.05, 0.1) is 0 Å². The number of unbranched alkanes of at least 4 members (excludes halogenated alkanes) is 16. The molecule has 0 bridgehead atoms. The first-order valence-electron chi connectivity index (χ1n) is 10.1. The molecule has 0 aliphatic carbocycles. The third-order valence-corrected chi connectivity index (χ3v) is 6.18. The van der Waals surface area contributed by atoms with Crippen molar-refractivity contribution in [2.24, 2.45) is 0 Å². The van der Waals surface area contributed by atoms with E-state index in [1.54, 1.807) is 0 Å². The Morgan fingerprint density at radius 1 is 0.435 bits per heavy atom. The first-order valence-corrected chi connectivity index (χ1v) is 13.4. The summed E-state index contributed by atoms with van der Waals surface area (Å²) in [5, 5.41) is 0. The molecule has 0 saturated heterocycles. The van der Waals surface area contributed by atoms with Gasteiger partial charge in [0.2, 0.25) is 0 Å². The van der Waals surface area contributed by atoms with Crippen LogP contribution in [-0.4, -0.2) is -0.565 Å². The molecule has 0 rings (SSSR count). The van der Waals surface area contributed by atoms with Gasteiger partial charge in [-0.15, -0.1) is 0 Å². The highest BCUT2D eigenvalue weighted by Gasteiger charge is 2.15. The lowest BCUT2D eigenvalue weighted by Gasteiger charge is -2.11. The quantitative estimate of drug-likeness (QED) is 0.0781. The summed E-state index contributed by atoms with van der Waals surface area (Å²) in [6.07, 6.45) is 26.2. The van der Waals surface area contributed by atoms with Gasteiger partial charge in [0.1, 0.15) is -0.565 Å². The molecule has 0 amide bonds. The molecule has 0 atom stereocenters. The van der Waals surface area contributed by atoms with Crippen LogP contribution in [0.15, 0.2) is 0 Å². The first kappa shape index (κ1) is 25.2. The van der Waals surface area contributed by atoms with Crippen LogP contribution >= 0.6 is 67.8 Å². The van der Waals surface area contributed by atoms with Gasteiger partial charge in [-0.25, -0.2) is 0 Å². The summed E-state index contributed by atoms with van der Waals surface area (Å²) in [4.78, 5) is 0. The Kier molecular flexibility index (Phi) is 20.8. The molecule has 3 heteroatoms. The Hall–Kier alpha value is 2.19. The third-order valence-electron chi connectivity index (χ3n) is 4.56. The summed E-state index contributed by atoms with van der Waals surface area (Å²) in [7, 11) is 0. The van der Waals surface area contributed by atoms with Crippen molar-refractivity contribution in [3.05, 3.63) is 0 Å². The van der Waals surface area contributed by atoms with Crippen molar-refractivity contribution in [2.45, 2.75) is 122 Å². The minimum Gasteiger partial charge on any atom is -0.0654 e. The molecule has 23 heavy (non-hydrogen) atoms. The summed E-state index contributed by atoms with van der Waals surface area (Å²) in [6, 6.07) is 0. The highest BCUT2D eigenvalue weighted by Crippen LogP contribution is 2.40. The molecule has 0 radical (unpaired) electrons. The van der Waals surface area contributed by atoms with Crippen molar-refractivity contribution in [2.75, 3.05) is 0 Å². The Labute approximate surface area is 187 Å². The van der Waals surface area contributed by atoms with Gasteiger partial charge in [-0.3, -0.25) is 0 Å². The molecule has 0 nitrogen and oxygen atoms in total. The van der Waals surface area contributed by atoms with Crippen molar-refractivity contribution < 1.29 is 0 Å². The maximum atomic E-state index is 2.55. The van der Waals surface area contributed by atoms with E-state index in [0.29, 0.717) is -0.565 Å². The SMILES string of the molecule is CCCCCCCCCCCCCCCCCCCC(I)(I)I. The fraction of sp³-hybridized carbons (Fsp3) is 1.00. The van der Waals surface area contributed by atoms with Gasteiger partial charge in [-0.1, -0.05) is 184 Å². The first-order chi connectivity index (χ1) is 11.1. The second-order valence-electron chi connectivity index (χ2n) is 7.02. The fourth-order valence-electron chi connectivity index (χ4n) is 3.05.